The number of pyridine rings is 3. The summed E-state index contributed by atoms with van der Waals surface area (Å²) < 4.78 is 7.94. The van der Waals surface area contributed by atoms with E-state index < -0.39 is 8.07 Å². The molecule has 0 aliphatic carbocycles. The molecule has 12 heteroatoms. The molecule has 0 radical (unpaired) electrons. The zero-order valence-electron chi connectivity index (χ0n) is 28.6. The Morgan fingerprint density at radius 1 is 1.02 bits per heavy atom. The van der Waals surface area contributed by atoms with Gasteiger partial charge in [0.15, 0.2) is 5.65 Å². The fourth-order valence-corrected chi connectivity index (χ4v) is 7.21. The average molecular weight is 658 g/mol. The summed E-state index contributed by atoms with van der Waals surface area (Å²) in [6.45, 7) is 14.2. The maximum Gasteiger partial charge on any atom is 0.287 e. The smallest absolute Gasteiger partial charge is 0.287 e. The van der Waals surface area contributed by atoms with E-state index >= 15 is 0 Å². The molecule has 252 valence electrons. The number of amides is 1. The number of ether oxygens (including phenoxy) is 1. The Bertz CT molecular complexity index is 1660. The summed E-state index contributed by atoms with van der Waals surface area (Å²) >= 11 is 0. The number of piperidine rings is 2. The van der Waals surface area contributed by atoms with Crippen LogP contribution in [0.1, 0.15) is 49.1 Å². The fourth-order valence-electron chi connectivity index (χ4n) is 6.46. The first-order valence-corrected chi connectivity index (χ1v) is 21.1. The van der Waals surface area contributed by atoms with Crippen molar-refractivity contribution in [3.05, 3.63) is 42.6 Å². The second kappa shape index (κ2) is 15.2. The molecule has 0 spiro atoms. The van der Waals surface area contributed by atoms with Gasteiger partial charge in [0.1, 0.15) is 12.2 Å². The summed E-state index contributed by atoms with van der Waals surface area (Å²) in [5, 5.41) is 7.90. The fraction of sp³-hybridized carbons (Fsp3) is 0.571. The zero-order chi connectivity index (χ0) is 32.8. The number of aromatic nitrogens is 5. The van der Waals surface area contributed by atoms with Crippen LogP contribution >= 0.6 is 0 Å². The van der Waals surface area contributed by atoms with Crippen LogP contribution in [0, 0.1) is 0 Å². The summed E-state index contributed by atoms with van der Waals surface area (Å²) in [5.74, 6) is 0.158. The van der Waals surface area contributed by atoms with Gasteiger partial charge in [-0.05, 0) is 96.1 Å². The van der Waals surface area contributed by atoms with Gasteiger partial charge in [-0.25, -0.2) is 15.0 Å². The third-order valence-electron chi connectivity index (χ3n) is 9.38. The maximum atomic E-state index is 13.6. The molecule has 6 heterocycles. The maximum absolute atomic E-state index is 13.6. The van der Waals surface area contributed by atoms with Crippen LogP contribution in [0.3, 0.4) is 0 Å². The normalized spacial score (nSPS) is 17.0. The van der Waals surface area contributed by atoms with Gasteiger partial charge in [-0.1, -0.05) is 26.1 Å². The van der Waals surface area contributed by atoms with Crippen LogP contribution in [0.25, 0.3) is 33.3 Å². The van der Waals surface area contributed by atoms with Crippen LogP contribution in [-0.2, 0) is 11.5 Å². The van der Waals surface area contributed by atoms with Crippen LogP contribution in [0.15, 0.2) is 36.8 Å². The van der Waals surface area contributed by atoms with Crippen molar-refractivity contribution in [2.75, 3.05) is 58.2 Å². The quantitative estimate of drug-likeness (QED) is 0.143. The van der Waals surface area contributed by atoms with Crippen molar-refractivity contribution in [3.8, 4) is 11.3 Å². The average Bonchev–Trinajstić information content (AvgIpc) is 3.44. The Morgan fingerprint density at radius 3 is 2.62 bits per heavy atom. The van der Waals surface area contributed by atoms with Crippen LogP contribution in [0.5, 0.6) is 0 Å². The minimum absolute atomic E-state index is 0.130. The number of hydrogen-bond acceptors (Lipinski definition) is 9. The first-order chi connectivity index (χ1) is 22.7. The molecule has 2 aliphatic rings. The minimum Gasteiger partial charge on any atom is -0.384 e. The predicted molar refractivity (Wildman–Crippen MR) is 192 cm³/mol. The Kier molecular flexibility index (Phi) is 10.8. The highest BCUT2D eigenvalue weighted by atomic mass is 28.3. The van der Waals surface area contributed by atoms with Crippen molar-refractivity contribution in [1.29, 1.82) is 0 Å². The highest BCUT2D eigenvalue weighted by molar-refractivity contribution is 6.76. The Morgan fingerprint density at radius 2 is 1.83 bits per heavy atom. The molecule has 0 bridgehead atoms. The second-order valence-electron chi connectivity index (χ2n) is 14.5. The Hall–Kier alpha value is -3.45. The predicted octanol–water partition coefficient (Wildman–Crippen LogP) is 5.47. The number of anilines is 1. The van der Waals surface area contributed by atoms with E-state index in [0.29, 0.717) is 23.6 Å². The molecular weight excluding hydrogens is 607 g/mol. The van der Waals surface area contributed by atoms with Gasteiger partial charge in [0.2, 0.25) is 5.82 Å². The first-order valence-electron chi connectivity index (χ1n) is 17.4. The second-order valence-corrected chi connectivity index (χ2v) is 20.1. The lowest BCUT2D eigenvalue weighted by atomic mass is 10.1. The molecular formula is C35H51N9O2Si. The molecule has 2 N–H and O–H groups in total. The number of carbonyl (C=O) groups excluding carboxylic acids is 1. The van der Waals surface area contributed by atoms with Crippen molar-refractivity contribution >= 4 is 41.7 Å². The molecule has 2 aliphatic heterocycles. The molecule has 1 amide bonds. The third-order valence-corrected chi connectivity index (χ3v) is 11.1. The van der Waals surface area contributed by atoms with Crippen LogP contribution < -0.4 is 10.6 Å². The van der Waals surface area contributed by atoms with Crippen LogP contribution in [0.2, 0.25) is 25.7 Å². The molecule has 0 atom stereocenters. The van der Waals surface area contributed by atoms with E-state index in [1.807, 2.05) is 29.1 Å². The molecule has 0 aromatic carbocycles. The molecule has 0 unspecified atom stereocenters. The van der Waals surface area contributed by atoms with Gasteiger partial charge in [-0.15, -0.1) is 0 Å². The molecule has 4 aromatic rings. The Balaban J connectivity index is 1.25. The van der Waals surface area contributed by atoms with Gasteiger partial charge in [-0.2, -0.15) is 0 Å². The van der Waals surface area contributed by atoms with Gasteiger partial charge in [0.25, 0.3) is 5.91 Å². The summed E-state index contributed by atoms with van der Waals surface area (Å²) in [6.07, 6.45) is 12.4. The number of nitrogens with one attached hydrogen (secondary N) is 2. The molecule has 2 saturated heterocycles. The van der Waals surface area contributed by atoms with Crippen molar-refractivity contribution in [2.24, 2.45) is 0 Å². The minimum atomic E-state index is -1.26. The molecule has 6 rings (SSSR count). The molecule has 47 heavy (non-hydrogen) atoms. The number of likely N-dealkylation sites (tertiary alicyclic amines) is 2. The standard InChI is InChI=1S/C35H51N9O2Si/c1-42-17-10-27(11-18-42)39-35(45)34-41-32-21-26(23-38-33(32)44(34)25-46-19-20-47(2,3)4)30-22-31(28-24-36-13-9-29(28)40-30)37-12-8-16-43-14-6-5-7-15-43/h9,13,21-24,27H,5-8,10-12,14-20,25H2,1-4H3,(H,37,40)(H,39,45). The van der Waals surface area contributed by atoms with Crippen molar-refractivity contribution in [3.63, 3.8) is 0 Å². The Labute approximate surface area is 279 Å². The first kappa shape index (κ1) is 33.4. The van der Waals surface area contributed by atoms with Crippen molar-refractivity contribution in [1.82, 2.24) is 39.6 Å². The molecule has 2 fully saturated rings. The summed E-state index contributed by atoms with van der Waals surface area (Å²) in [6, 6.07) is 7.19. The highest BCUT2D eigenvalue weighted by Gasteiger charge is 2.24. The number of fused-ring (bicyclic) bond motifs is 2. The lowest BCUT2D eigenvalue weighted by Crippen LogP contribution is -2.44. The number of nitrogens with zero attached hydrogens (tertiary/aromatic N) is 7. The number of carbonyl (C=O) groups is 1. The number of imidazole rings is 1. The monoisotopic (exact) mass is 657 g/mol. The van der Waals surface area contributed by atoms with E-state index in [9.17, 15) is 4.79 Å². The van der Waals surface area contributed by atoms with E-state index in [1.165, 1.54) is 32.4 Å². The molecule has 4 aromatic heterocycles. The van der Waals surface area contributed by atoms with Crippen LogP contribution in [0.4, 0.5) is 5.69 Å². The van der Waals surface area contributed by atoms with Gasteiger partial charge in [-0.3, -0.25) is 14.3 Å². The number of rotatable bonds is 13. The molecule has 11 nitrogen and oxygen atoms in total. The van der Waals surface area contributed by atoms with Gasteiger partial charge in [0.05, 0.1) is 11.2 Å². The third kappa shape index (κ3) is 8.72. The summed E-state index contributed by atoms with van der Waals surface area (Å²) in [7, 11) is 0.862. The summed E-state index contributed by atoms with van der Waals surface area (Å²) in [4.78, 5) is 37.5. The van der Waals surface area contributed by atoms with Crippen molar-refractivity contribution < 1.29 is 9.53 Å². The van der Waals surface area contributed by atoms with E-state index in [-0.39, 0.29) is 18.7 Å². The largest absolute Gasteiger partial charge is 0.384 e. The van der Waals surface area contributed by atoms with E-state index in [0.717, 1.165) is 79.3 Å². The lowest BCUT2D eigenvalue weighted by molar-refractivity contribution is 0.0783. The van der Waals surface area contributed by atoms with Crippen LogP contribution in [-0.4, -0.2) is 107 Å². The zero-order valence-corrected chi connectivity index (χ0v) is 29.6. The van der Waals surface area contributed by atoms with Gasteiger partial charge >= 0.3 is 0 Å². The highest BCUT2D eigenvalue weighted by Crippen LogP contribution is 2.29. The lowest BCUT2D eigenvalue weighted by Gasteiger charge is -2.29. The SMILES string of the molecule is CN1CCC(NC(=O)c2nc3cc(-c4cc(NCCCN5CCCCC5)c5cnccc5n4)cnc3n2COCC[Si](C)(C)C)CC1. The van der Waals surface area contributed by atoms with Gasteiger partial charge in [0, 0.05) is 62.5 Å². The van der Waals surface area contributed by atoms with Crippen molar-refractivity contribution in [2.45, 2.75) is 77.0 Å². The van der Waals surface area contributed by atoms with Gasteiger partial charge < -0.3 is 25.2 Å². The van der Waals surface area contributed by atoms with E-state index in [1.54, 1.807) is 6.20 Å². The number of hydrogen-bond donors (Lipinski definition) is 2. The van der Waals surface area contributed by atoms with E-state index in [4.69, 9.17) is 19.7 Å². The van der Waals surface area contributed by atoms with E-state index in [2.05, 4.69) is 58.2 Å². The summed E-state index contributed by atoms with van der Waals surface area (Å²) in [5.41, 5.74) is 4.81. The topological polar surface area (TPSA) is 113 Å². The molecule has 0 saturated carbocycles.